The zero-order chi connectivity index (χ0) is 17.8. The van der Waals surface area contributed by atoms with Crippen LogP contribution in [0.3, 0.4) is 0 Å². The maximum Gasteiger partial charge on any atom is 0.294 e. The molecular formula is C18H12ClN3O3. The second kappa shape index (κ2) is 7.07. The fraction of sp³-hybridized carbons (Fsp3) is 0.0556. The van der Waals surface area contributed by atoms with E-state index in [-0.39, 0.29) is 10.8 Å². The highest BCUT2D eigenvalue weighted by Crippen LogP contribution is 2.34. The largest absolute Gasteiger partial charge is 0.493 e. The molecule has 3 rings (SSSR count). The van der Waals surface area contributed by atoms with E-state index in [2.05, 4.69) is 5.10 Å². The van der Waals surface area contributed by atoms with Gasteiger partial charge in [0.2, 0.25) is 0 Å². The van der Waals surface area contributed by atoms with Crippen molar-refractivity contribution in [3.05, 3.63) is 75.7 Å². The molecule has 3 aromatic rings. The molecule has 0 aliphatic carbocycles. The van der Waals surface area contributed by atoms with Crippen LogP contribution in [0, 0.1) is 11.3 Å². The van der Waals surface area contributed by atoms with Gasteiger partial charge < -0.3 is 9.47 Å². The molecule has 6 nitrogen and oxygen atoms in total. The summed E-state index contributed by atoms with van der Waals surface area (Å²) in [4.78, 5) is 12.4. The standard InChI is InChI=1S/C18H12ClN3O3/c1-24-15-9-12(10-20)7-8-14(15)25-16-11-21-22(18(23)17(16)19)13-5-3-2-4-6-13/h2-9,11H,1H3. The summed E-state index contributed by atoms with van der Waals surface area (Å²) in [7, 11) is 1.45. The number of nitriles is 1. The third-order valence-corrected chi connectivity index (χ3v) is 3.75. The molecular weight excluding hydrogens is 342 g/mol. The lowest BCUT2D eigenvalue weighted by Crippen LogP contribution is -2.21. The Morgan fingerprint density at radius 1 is 1.12 bits per heavy atom. The molecule has 0 unspecified atom stereocenters. The van der Waals surface area contributed by atoms with Crippen LogP contribution in [0.1, 0.15) is 5.56 Å². The Morgan fingerprint density at radius 2 is 1.88 bits per heavy atom. The van der Waals surface area contributed by atoms with Crippen molar-refractivity contribution >= 4 is 11.6 Å². The van der Waals surface area contributed by atoms with Gasteiger partial charge in [-0.05, 0) is 24.3 Å². The molecule has 2 aromatic carbocycles. The summed E-state index contributed by atoms with van der Waals surface area (Å²) in [5.74, 6) is 0.770. The summed E-state index contributed by atoms with van der Waals surface area (Å²) in [6.45, 7) is 0. The number of para-hydroxylation sites is 1. The Balaban J connectivity index is 1.99. The minimum absolute atomic E-state index is 0.0989. The fourth-order valence-electron chi connectivity index (χ4n) is 2.18. The molecule has 0 spiro atoms. The number of methoxy groups -OCH3 is 1. The zero-order valence-corrected chi connectivity index (χ0v) is 13.9. The summed E-state index contributed by atoms with van der Waals surface area (Å²) >= 11 is 6.16. The van der Waals surface area contributed by atoms with Crippen LogP contribution in [0.15, 0.2) is 59.5 Å². The van der Waals surface area contributed by atoms with Crippen molar-refractivity contribution in [1.29, 1.82) is 5.26 Å². The summed E-state index contributed by atoms with van der Waals surface area (Å²) in [6.07, 6.45) is 1.36. The molecule has 0 aliphatic heterocycles. The first-order chi connectivity index (χ1) is 12.1. The summed E-state index contributed by atoms with van der Waals surface area (Å²) < 4.78 is 12.0. The van der Waals surface area contributed by atoms with Crippen LogP contribution in [-0.2, 0) is 0 Å². The van der Waals surface area contributed by atoms with Gasteiger partial charge in [0.1, 0.15) is 0 Å². The van der Waals surface area contributed by atoms with Gasteiger partial charge in [-0.2, -0.15) is 15.0 Å². The van der Waals surface area contributed by atoms with Gasteiger partial charge in [-0.25, -0.2) is 0 Å². The van der Waals surface area contributed by atoms with Gasteiger partial charge in [-0.1, -0.05) is 29.8 Å². The molecule has 124 valence electrons. The van der Waals surface area contributed by atoms with Crippen LogP contribution < -0.4 is 15.0 Å². The maximum atomic E-state index is 12.4. The van der Waals surface area contributed by atoms with Crippen LogP contribution in [0.25, 0.3) is 5.69 Å². The van der Waals surface area contributed by atoms with E-state index < -0.39 is 5.56 Å². The lowest BCUT2D eigenvalue weighted by atomic mass is 10.2. The van der Waals surface area contributed by atoms with Crippen molar-refractivity contribution < 1.29 is 9.47 Å². The number of hydrogen-bond donors (Lipinski definition) is 0. The van der Waals surface area contributed by atoms with Gasteiger partial charge in [0, 0.05) is 6.07 Å². The number of aromatic nitrogens is 2. The van der Waals surface area contributed by atoms with Crippen LogP contribution in [-0.4, -0.2) is 16.9 Å². The minimum Gasteiger partial charge on any atom is -0.493 e. The SMILES string of the molecule is COc1cc(C#N)ccc1Oc1cnn(-c2ccccc2)c(=O)c1Cl. The molecule has 0 bridgehead atoms. The van der Waals surface area contributed by atoms with Gasteiger partial charge in [-0.15, -0.1) is 0 Å². The van der Waals surface area contributed by atoms with Gasteiger partial charge in [0.15, 0.2) is 22.3 Å². The first-order valence-corrected chi connectivity index (χ1v) is 7.61. The van der Waals surface area contributed by atoms with Crippen LogP contribution in [0.4, 0.5) is 0 Å². The third kappa shape index (κ3) is 3.32. The van der Waals surface area contributed by atoms with E-state index in [0.717, 1.165) is 0 Å². The van der Waals surface area contributed by atoms with Gasteiger partial charge in [0.05, 0.1) is 30.6 Å². The summed E-state index contributed by atoms with van der Waals surface area (Å²) in [6, 6.07) is 15.6. The van der Waals surface area contributed by atoms with Gasteiger partial charge >= 0.3 is 0 Å². The molecule has 0 atom stereocenters. The topological polar surface area (TPSA) is 77.1 Å². The second-order valence-electron chi connectivity index (χ2n) is 4.95. The molecule has 25 heavy (non-hydrogen) atoms. The number of nitrogens with zero attached hydrogens (tertiary/aromatic N) is 3. The van der Waals surface area contributed by atoms with E-state index >= 15 is 0 Å². The lowest BCUT2D eigenvalue weighted by molar-refractivity contribution is 0.377. The minimum atomic E-state index is -0.502. The van der Waals surface area contributed by atoms with Crippen molar-refractivity contribution in [3.63, 3.8) is 0 Å². The Hall–Kier alpha value is -3.30. The van der Waals surface area contributed by atoms with E-state index in [9.17, 15) is 4.79 Å². The Bertz CT molecular complexity index is 1010. The molecule has 0 amide bonds. The summed E-state index contributed by atoms with van der Waals surface area (Å²) in [5, 5.41) is 12.9. The molecule has 0 radical (unpaired) electrons. The fourth-order valence-corrected chi connectivity index (χ4v) is 2.35. The molecule has 0 aliphatic rings. The lowest BCUT2D eigenvalue weighted by Gasteiger charge is -2.12. The van der Waals surface area contributed by atoms with Gasteiger partial charge in [0.25, 0.3) is 5.56 Å². The number of benzene rings is 2. The van der Waals surface area contributed by atoms with Gasteiger partial charge in [-0.3, -0.25) is 4.79 Å². The third-order valence-electron chi connectivity index (χ3n) is 3.40. The Labute approximate surface area is 148 Å². The van der Waals surface area contributed by atoms with Crippen LogP contribution >= 0.6 is 11.6 Å². The zero-order valence-electron chi connectivity index (χ0n) is 13.1. The highest BCUT2D eigenvalue weighted by molar-refractivity contribution is 6.31. The maximum absolute atomic E-state index is 12.4. The second-order valence-corrected chi connectivity index (χ2v) is 5.33. The normalized spacial score (nSPS) is 10.1. The van der Waals surface area contributed by atoms with E-state index in [0.29, 0.717) is 22.7 Å². The highest BCUT2D eigenvalue weighted by Gasteiger charge is 2.15. The number of hydrogen-bond acceptors (Lipinski definition) is 5. The summed E-state index contributed by atoms with van der Waals surface area (Å²) in [5.41, 5.74) is 0.516. The number of ether oxygens (including phenoxy) is 2. The number of rotatable bonds is 4. The smallest absolute Gasteiger partial charge is 0.294 e. The first-order valence-electron chi connectivity index (χ1n) is 7.23. The van der Waals surface area contributed by atoms with Crippen molar-refractivity contribution in [2.24, 2.45) is 0 Å². The monoisotopic (exact) mass is 353 g/mol. The van der Waals surface area contributed by atoms with Crippen molar-refractivity contribution in [3.8, 4) is 29.0 Å². The predicted molar refractivity (Wildman–Crippen MR) is 92.6 cm³/mol. The van der Waals surface area contributed by atoms with Crippen LogP contribution in [0.2, 0.25) is 5.02 Å². The van der Waals surface area contributed by atoms with Crippen molar-refractivity contribution in [1.82, 2.24) is 9.78 Å². The Kier molecular flexibility index (Phi) is 4.68. The van der Waals surface area contributed by atoms with E-state index in [1.807, 2.05) is 12.1 Å². The van der Waals surface area contributed by atoms with Crippen molar-refractivity contribution in [2.45, 2.75) is 0 Å². The highest BCUT2D eigenvalue weighted by atomic mass is 35.5. The molecule has 0 fully saturated rings. The Morgan fingerprint density at radius 3 is 2.56 bits per heavy atom. The van der Waals surface area contributed by atoms with Crippen LogP contribution in [0.5, 0.6) is 17.2 Å². The molecule has 1 aromatic heterocycles. The molecule has 7 heteroatoms. The molecule has 0 saturated heterocycles. The average molecular weight is 354 g/mol. The van der Waals surface area contributed by atoms with E-state index in [1.54, 1.807) is 36.4 Å². The average Bonchev–Trinajstić information content (AvgIpc) is 2.66. The predicted octanol–water partition coefficient (Wildman–Crippen LogP) is 3.56. The molecule has 1 heterocycles. The number of halogens is 1. The first kappa shape index (κ1) is 16.6. The molecule has 0 saturated carbocycles. The van der Waals surface area contributed by atoms with Crippen molar-refractivity contribution in [2.75, 3.05) is 7.11 Å². The quantitative estimate of drug-likeness (QED) is 0.716. The van der Waals surface area contributed by atoms with E-state index in [4.69, 9.17) is 26.3 Å². The van der Waals surface area contributed by atoms with E-state index in [1.165, 1.54) is 24.1 Å². The molecule has 0 N–H and O–H groups in total.